The van der Waals surface area contributed by atoms with E-state index in [1.165, 1.54) is 17.1 Å². The molecule has 15 heavy (non-hydrogen) atoms. The van der Waals surface area contributed by atoms with Gasteiger partial charge in [-0.3, -0.25) is 0 Å². The van der Waals surface area contributed by atoms with E-state index in [1.807, 2.05) is 6.92 Å². The first-order valence-electron chi connectivity index (χ1n) is 5.23. The van der Waals surface area contributed by atoms with Crippen LogP contribution in [0.5, 0.6) is 0 Å². The summed E-state index contributed by atoms with van der Waals surface area (Å²) in [5.74, 6) is 0.174. The summed E-state index contributed by atoms with van der Waals surface area (Å²) in [6, 6.07) is 0.562. The number of nitrogens with one attached hydrogen (secondary N) is 1. The molecule has 0 unspecified atom stereocenters. The summed E-state index contributed by atoms with van der Waals surface area (Å²) in [4.78, 5) is 0. The van der Waals surface area contributed by atoms with Gasteiger partial charge in [0.2, 0.25) is 10.0 Å². The molecule has 0 radical (unpaired) electrons. The van der Waals surface area contributed by atoms with Crippen molar-refractivity contribution in [2.24, 2.45) is 0 Å². The largest absolute Gasteiger partial charge is 0.313 e. The molecule has 0 aliphatic heterocycles. The molecule has 1 saturated carbocycles. The average Bonchev–Trinajstić information content (AvgIpc) is 2.86. The Morgan fingerprint density at radius 1 is 1.53 bits per heavy atom. The van der Waals surface area contributed by atoms with Gasteiger partial charge in [-0.05, 0) is 19.8 Å². The molecule has 0 bridgehead atoms. The second-order valence-corrected chi connectivity index (χ2v) is 6.45. The van der Waals surface area contributed by atoms with Gasteiger partial charge in [-0.1, -0.05) is 12.2 Å². The molecule has 4 nitrogen and oxygen atoms in total. The standard InChI is InChI=1S/C10H20N2O2S/c1-9(2)8-12(3)15(13,14)7-6-11-10-4-5-10/h10-11H,1,4-8H2,2-3H3. The van der Waals surface area contributed by atoms with Gasteiger partial charge >= 0.3 is 0 Å². The van der Waals surface area contributed by atoms with Crippen molar-refractivity contribution >= 4 is 10.0 Å². The van der Waals surface area contributed by atoms with Crippen LogP contribution in [0.4, 0.5) is 0 Å². The molecule has 1 N–H and O–H groups in total. The highest BCUT2D eigenvalue weighted by molar-refractivity contribution is 7.89. The van der Waals surface area contributed by atoms with Crippen LogP contribution in [0.2, 0.25) is 0 Å². The lowest BCUT2D eigenvalue weighted by molar-refractivity contribution is 0.490. The molecule has 1 fully saturated rings. The lowest BCUT2D eigenvalue weighted by Crippen LogP contribution is -2.35. The van der Waals surface area contributed by atoms with Gasteiger partial charge in [-0.2, -0.15) is 0 Å². The fourth-order valence-corrected chi connectivity index (χ4v) is 2.42. The Morgan fingerprint density at radius 2 is 2.13 bits per heavy atom. The van der Waals surface area contributed by atoms with E-state index in [0.29, 0.717) is 19.1 Å². The lowest BCUT2D eigenvalue weighted by atomic mass is 10.4. The maximum atomic E-state index is 11.7. The van der Waals surface area contributed by atoms with Crippen molar-refractivity contribution in [2.45, 2.75) is 25.8 Å². The van der Waals surface area contributed by atoms with E-state index in [4.69, 9.17) is 0 Å². The molecule has 5 heteroatoms. The highest BCUT2D eigenvalue weighted by Gasteiger charge is 2.22. The third-order valence-electron chi connectivity index (χ3n) is 2.34. The summed E-state index contributed by atoms with van der Waals surface area (Å²) in [6.07, 6.45) is 2.36. The van der Waals surface area contributed by atoms with E-state index in [0.717, 1.165) is 5.57 Å². The quantitative estimate of drug-likeness (QED) is 0.653. The molecule has 0 atom stereocenters. The average molecular weight is 232 g/mol. The predicted molar refractivity (Wildman–Crippen MR) is 62.3 cm³/mol. The molecule has 0 aromatic carbocycles. The molecule has 0 aromatic rings. The number of likely N-dealkylation sites (N-methyl/N-ethyl adjacent to an activating group) is 1. The van der Waals surface area contributed by atoms with Gasteiger partial charge < -0.3 is 5.32 Å². The van der Waals surface area contributed by atoms with E-state index in [2.05, 4.69) is 11.9 Å². The summed E-state index contributed by atoms with van der Waals surface area (Å²) >= 11 is 0. The van der Waals surface area contributed by atoms with Crippen LogP contribution in [0.25, 0.3) is 0 Å². The highest BCUT2D eigenvalue weighted by atomic mass is 32.2. The van der Waals surface area contributed by atoms with E-state index < -0.39 is 10.0 Å². The molecule has 0 heterocycles. The van der Waals surface area contributed by atoms with E-state index in [9.17, 15) is 8.42 Å². The summed E-state index contributed by atoms with van der Waals surface area (Å²) in [5, 5.41) is 3.19. The van der Waals surface area contributed by atoms with E-state index in [1.54, 1.807) is 7.05 Å². The van der Waals surface area contributed by atoms with Crippen LogP contribution >= 0.6 is 0 Å². The van der Waals surface area contributed by atoms with Gasteiger partial charge in [0.25, 0.3) is 0 Å². The molecular formula is C10H20N2O2S. The predicted octanol–water partition coefficient (Wildman–Crippen LogP) is 0.576. The summed E-state index contributed by atoms with van der Waals surface area (Å²) < 4.78 is 24.8. The number of hydrogen-bond acceptors (Lipinski definition) is 3. The Morgan fingerprint density at radius 3 is 2.60 bits per heavy atom. The van der Waals surface area contributed by atoms with E-state index in [-0.39, 0.29) is 5.75 Å². The summed E-state index contributed by atoms with van der Waals surface area (Å²) in [7, 11) is -1.51. The fourth-order valence-electron chi connectivity index (χ4n) is 1.31. The SMILES string of the molecule is C=C(C)CN(C)S(=O)(=O)CCNC1CC1. The first-order valence-corrected chi connectivity index (χ1v) is 6.84. The Bertz CT molecular complexity index is 320. The molecular weight excluding hydrogens is 212 g/mol. The van der Waals surface area contributed by atoms with Crippen molar-refractivity contribution in [3.8, 4) is 0 Å². The summed E-state index contributed by atoms with van der Waals surface area (Å²) in [5.41, 5.74) is 0.858. The van der Waals surface area contributed by atoms with Crippen LogP contribution in [0.15, 0.2) is 12.2 Å². The zero-order valence-electron chi connectivity index (χ0n) is 9.49. The van der Waals surface area contributed by atoms with Crippen molar-refractivity contribution < 1.29 is 8.42 Å². The summed E-state index contributed by atoms with van der Waals surface area (Å²) in [6.45, 7) is 6.49. The van der Waals surface area contributed by atoms with Gasteiger partial charge in [0.1, 0.15) is 0 Å². The van der Waals surface area contributed by atoms with Crippen LogP contribution < -0.4 is 5.32 Å². The van der Waals surface area contributed by atoms with Crippen molar-refractivity contribution in [1.29, 1.82) is 0 Å². The normalized spacial score (nSPS) is 17.0. The topological polar surface area (TPSA) is 49.4 Å². The number of rotatable bonds is 7. The second kappa shape index (κ2) is 5.09. The van der Waals surface area contributed by atoms with Crippen LogP contribution in [0, 0.1) is 0 Å². The third kappa shape index (κ3) is 4.77. The first kappa shape index (κ1) is 12.7. The monoisotopic (exact) mass is 232 g/mol. The van der Waals surface area contributed by atoms with Crippen LogP contribution in [0.3, 0.4) is 0 Å². The maximum Gasteiger partial charge on any atom is 0.215 e. The zero-order chi connectivity index (χ0) is 11.5. The molecule has 88 valence electrons. The second-order valence-electron chi connectivity index (χ2n) is 4.26. The molecule has 1 aliphatic rings. The fraction of sp³-hybridized carbons (Fsp3) is 0.800. The van der Waals surface area contributed by atoms with Crippen molar-refractivity contribution in [3.63, 3.8) is 0 Å². The number of hydrogen-bond donors (Lipinski definition) is 1. The molecule has 0 amide bonds. The first-order chi connectivity index (χ1) is 6.92. The Balaban J connectivity index is 2.31. The highest BCUT2D eigenvalue weighted by Crippen LogP contribution is 2.18. The lowest BCUT2D eigenvalue weighted by Gasteiger charge is -2.17. The Labute approximate surface area is 92.4 Å². The van der Waals surface area contributed by atoms with Gasteiger partial charge in [0.15, 0.2) is 0 Å². The maximum absolute atomic E-state index is 11.7. The van der Waals surface area contributed by atoms with Crippen molar-refractivity contribution in [1.82, 2.24) is 9.62 Å². The molecule has 0 spiro atoms. The molecule has 1 rings (SSSR count). The van der Waals surface area contributed by atoms with Gasteiger partial charge in [-0.25, -0.2) is 12.7 Å². The van der Waals surface area contributed by atoms with Gasteiger partial charge in [0.05, 0.1) is 5.75 Å². The molecule has 1 aliphatic carbocycles. The van der Waals surface area contributed by atoms with Crippen LogP contribution in [0.1, 0.15) is 19.8 Å². The van der Waals surface area contributed by atoms with Gasteiger partial charge in [-0.15, -0.1) is 0 Å². The Kier molecular flexibility index (Phi) is 4.31. The van der Waals surface area contributed by atoms with Crippen LogP contribution in [-0.2, 0) is 10.0 Å². The van der Waals surface area contributed by atoms with E-state index >= 15 is 0 Å². The van der Waals surface area contributed by atoms with Crippen molar-refractivity contribution in [2.75, 3.05) is 25.9 Å². The molecule has 0 saturated heterocycles. The third-order valence-corrected chi connectivity index (χ3v) is 4.14. The van der Waals surface area contributed by atoms with Crippen molar-refractivity contribution in [3.05, 3.63) is 12.2 Å². The minimum absolute atomic E-state index is 0.174. The zero-order valence-corrected chi connectivity index (χ0v) is 10.3. The minimum atomic E-state index is -3.11. The minimum Gasteiger partial charge on any atom is -0.313 e. The van der Waals surface area contributed by atoms with Gasteiger partial charge in [0, 0.05) is 26.2 Å². The molecule has 0 aromatic heterocycles. The number of nitrogens with zero attached hydrogens (tertiary/aromatic N) is 1. The Hall–Kier alpha value is -0.390. The number of sulfonamides is 1. The van der Waals surface area contributed by atoms with Crippen LogP contribution in [-0.4, -0.2) is 44.7 Å². The smallest absolute Gasteiger partial charge is 0.215 e.